The number of nitrogen functional groups attached to an aromatic ring is 1. The fourth-order valence-corrected chi connectivity index (χ4v) is 8.73. The number of hydrogen-bond acceptors (Lipinski definition) is 11. The number of nitrogens with two attached hydrogens (primary N) is 1. The van der Waals surface area contributed by atoms with E-state index in [9.17, 15) is 9.65 Å². The summed E-state index contributed by atoms with van der Waals surface area (Å²) in [6.45, 7) is 3.99. The van der Waals surface area contributed by atoms with Gasteiger partial charge >= 0.3 is 6.01 Å². The minimum atomic E-state index is -0.409. The minimum absolute atomic E-state index is 0.0756. The van der Waals surface area contributed by atoms with E-state index in [0.717, 1.165) is 68.7 Å². The number of nitrogens with zero attached hydrogens (tertiary/aromatic N) is 6. The molecule has 2 aliphatic carbocycles. The predicted molar refractivity (Wildman–Crippen MR) is 182 cm³/mol. The molecule has 10 nitrogen and oxygen atoms in total. The monoisotopic (exact) mass is 656 g/mol. The SMILES string of the molecule is CN(C)C1(CNc2nc(OCC3(CN4C5CCCC4COC5)CC3)nc3cc(-c4ccc(F)c5sc(N)c(C#N)c45)ncc23)CCC1. The van der Waals surface area contributed by atoms with Gasteiger partial charge in [0.1, 0.15) is 22.7 Å². The normalized spacial score (nSPS) is 23.0. The van der Waals surface area contributed by atoms with Crippen LogP contribution in [0.1, 0.15) is 56.9 Å². The number of pyridine rings is 1. The molecule has 246 valence electrons. The Labute approximate surface area is 278 Å². The molecule has 2 unspecified atom stereocenters. The summed E-state index contributed by atoms with van der Waals surface area (Å²) >= 11 is 1.08. The maximum atomic E-state index is 14.8. The van der Waals surface area contributed by atoms with Crippen LogP contribution in [-0.2, 0) is 4.74 Å². The number of thiophene rings is 1. The molecule has 2 bridgehead atoms. The average Bonchev–Trinajstić information content (AvgIpc) is 3.71. The van der Waals surface area contributed by atoms with Crippen LogP contribution in [0.15, 0.2) is 24.4 Å². The number of fused-ring (bicyclic) bond motifs is 4. The lowest BCUT2D eigenvalue weighted by Gasteiger charge is -2.47. The van der Waals surface area contributed by atoms with Crippen LogP contribution >= 0.6 is 11.3 Å². The fourth-order valence-electron chi connectivity index (χ4n) is 7.78. The van der Waals surface area contributed by atoms with Crippen molar-refractivity contribution in [3.63, 3.8) is 0 Å². The second-order valence-electron chi connectivity index (χ2n) is 14.3. The quantitative estimate of drug-likeness (QED) is 0.216. The molecule has 2 saturated heterocycles. The number of anilines is 2. The van der Waals surface area contributed by atoms with Gasteiger partial charge in [0.05, 0.1) is 46.7 Å². The molecule has 47 heavy (non-hydrogen) atoms. The summed E-state index contributed by atoms with van der Waals surface area (Å²) in [5, 5.41) is 15.0. The largest absolute Gasteiger partial charge is 0.463 e. The number of morpholine rings is 1. The van der Waals surface area contributed by atoms with Crippen molar-refractivity contribution in [1.82, 2.24) is 24.8 Å². The van der Waals surface area contributed by atoms with E-state index in [0.29, 0.717) is 62.4 Å². The van der Waals surface area contributed by atoms with E-state index < -0.39 is 5.82 Å². The summed E-state index contributed by atoms with van der Waals surface area (Å²) in [7, 11) is 4.27. The van der Waals surface area contributed by atoms with Gasteiger partial charge in [-0.25, -0.2) is 4.39 Å². The van der Waals surface area contributed by atoms with Crippen molar-refractivity contribution in [1.29, 1.82) is 5.26 Å². The zero-order valence-corrected chi connectivity index (χ0v) is 27.8. The van der Waals surface area contributed by atoms with E-state index in [2.05, 4.69) is 35.3 Å². The minimum Gasteiger partial charge on any atom is -0.463 e. The van der Waals surface area contributed by atoms with Crippen LogP contribution in [0.5, 0.6) is 6.01 Å². The summed E-state index contributed by atoms with van der Waals surface area (Å²) in [5.74, 6) is 0.277. The van der Waals surface area contributed by atoms with E-state index in [1.807, 2.05) is 6.07 Å². The van der Waals surface area contributed by atoms with Crippen molar-refractivity contribution in [2.75, 3.05) is 58.1 Å². The number of ether oxygens (including phenoxy) is 2. The van der Waals surface area contributed by atoms with Crippen LogP contribution in [0, 0.1) is 22.6 Å². The van der Waals surface area contributed by atoms with Crippen LogP contribution < -0.4 is 15.8 Å². The van der Waals surface area contributed by atoms with Gasteiger partial charge in [0.25, 0.3) is 0 Å². The number of aromatic nitrogens is 3. The van der Waals surface area contributed by atoms with Gasteiger partial charge < -0.3 is 25.4 Å². The molecule has 4 aromatic rings. The number of nitrogens with one attached hydrogen (secondary N) is 1. The number of likely N-dealkylation sites (N-methyl/N-ethyl adjacent to an activating group) is 1. The van der Waals surface area contributed by atoms with Gasteiger partial charge in [-0.2, -0.15) is 15.2 Å². The Morgan fingerprint density at radius 2 is 1.96 bits per heavy atom. The zero-order chi connectivity index (χ0) is 32.3. The first-order valence-corrected chi connectivity index (χ1v) is 17.6. The highest BCUT2D eigenvalue weighted by atomic mass is 32.1. The number of piperidine rings is 1. The van der Waals surface area contributed by atoms with Crippen molar-refractivity contribution in [3.05, 3.63) is 35.8 Å². The molecular weight excluding hydrogens is 616 g/mol. The van der Waals surface area contributed by atoms with Crippen LogP contribution in [0.4, 0.5) is 15.2 Å². The summed E-state index contributed by atoms with van der Waals surface area (Å²) in [5.41, 5.74) is 8.46. The van der Waals surface area contributed by atoms with E-state index >= 15 is 0 Å². The average molecular weight is 657 g/mol. The standard InChI is InChI=1S/C35H41FN8O2S/c1-43(2)35(9-4-10-35)18-40-32-25-15-39-27(23-7-8-26(36)30-29(23)24(14-37)31(38)47-30)13-28(25)41-33(42-32)46-20-34(11-12-34)19-44-21-5-3-6-22(44)17-45-16-21/h7-8,13,15,21-22H,3-6,9-12,16-20,38H2,1-2H3,(H,40,41,42). The lowest BCUT2D eigenvalue weighted by atomic mass is 9.75. The van der Waals surface area contributed by atoms with Crippen LogP contribution in [0.2, 0.25) is 0 Å². The summed E-state index contributed by atoms with van der Waals surface area (Å²) in [6, 6.07) is 8.45. The predicted octanol–water partition coefficient (Wildman–Crippen LogP) is 5.81. The number of nitriles is 1. The molecule has 0 amide bonds. The van der Waals surface area contributed by atoms with Crippen molar-refractivity contribution >= 4 is 43.1 Å². The molecule has 8 rings (SSSR count). The third-order valence-electron chi connectivity index (χ3n) is 11.2. The van der Waals surface area contributed by atoms with Gasteiger partial charge in [0.2, 0.25) is 0 Å². The highest BCUT2D eigenvalue weighted by Gasteiger charge is 2.48. The molecule has 2 saturated carbocycles. The highest BCUT2D eigenvalue weighted by Crippen LogP contribution is 2.48. The fraction of sp³-hybridized carbons (Fsp3) is 0.543. The van der Waals surface area contributed by atoms with Gasteiger partial charge in [-0.15, -0.1) is 11.3 Å². The van der Waals surface area contributed by atoms with Crippen LogP contribution in [0.3, 0.4) is 0 Å². The van der Waals surface area contributed by atoms with Crippen molar-refractivity contribution in [3.8, 4) is 23.3 Å². The first-order valence-electron chi connectivity index (χ1n) is 16.7. The van der Waals surface area contributed by atoms with E-state index in [1.165, 1.54) is 31.7 Å². The van der Waals surface area contributed by atoms with Crippen molar-refractivity contribution < 1.29 is 13.9 Å². The third kappa shape index (κ3) is 5.47. The molecule has 4 aliphatic rings. The molecule has 5 heterocycles. The second-order valence-corrected chi connectivity index (χ2v) is 15.3. The van der Waals surface area contributed by atoms with Gasteiger partial charge in [-0.05, 0) is 77.2 Å². The highest BCUT2D eigenvalue weighted by molar-refractivity contribution is 7.23. The second kappa shape index (κ2) is 11.8. The maximum Gasteiger partial charge on any atom is 0.318 e. The lowest BCUT2D eigenvalue weighted by molar-refractivity contribution is -0.0831. The summed E-state index contributed by atoms with van der Waals surface area (Å²) < 4.78 is 27.5. The molecular formula is C35H41FN8O2S. The van der Waals surface area contributed by atoms with Gasteiger partial charge in [-0.3, -0.25) is 9.88 Å². The lowest BCUT2D eigenvalue weighted by Crippen LogP contribution is -2.56. The Bertz CT molecular complexity index is 1860. The van der Waals surface area contributed by atoms with Gasteiger partial charge in [0.15, 0.2) is 0 Å². The van der Waals surface area contributed by atoms with Crippen LogP contribution in [0.25, 0.3) is 32.2 Å². The molecule has 3 N–H and O–H groups in total. The van der Waals surface area contributed by atoms with Gasteiger partial charge in [-0.1, -0.05) is 6.42 Å². The van der Waals surface area contributed by atoms with E-state index in [4.69, 9.17) is 30.2 Å². The maximum absolute atomic E-state index is 14.8. The Morgan fingerprint density at radius 3 is 2.64 bits per heavy atom. The molecule has 4 fully saturated rings. The Morgan fingerprint density at radius 1 is 1.17 bits per heavy atom. The topological polar surface area (TPSA) is 125 Å². The number of rotatable bonds is 10. The first-order chi connectivity index (χ1) is 22.8. The summed E-state index contributed by atoms with van der Waals surface area (Å²) in [6.07, 6.45) is 11.2. The number of halogens is 1. The van der Waals surface area contributed by atoms with Crippen molar-refractivity contribution in [2.24, 2.45) is 5.41 Å². The molecule has 1 aromatic carbocycles. The molecule has 12 heteroatoms. The van der Waals surface area contributed by atoms with Crippen LogP contribution in [-0.4, -0.2) is 89.4 Å². The molecule has 2 atom stereocenters. The van der Waals surface area contributed by atoms with E-state index in [1.54, 1.807) is 12.3 Å². The van der Waals surface area contributed by atoms with Crippen molar-refractivity contribution in [2.45, 2.75) is 69.0 Å². The molecule has 0 spiro atoms. The summed E-state index contributed by atoms with van der Waals surface area (Å²) in [4.78, 5) is 19.6. The van der Waals surface area contributed by atoms with E-state index in [-0.39, 0.29) is 16.5 Å². The molecule has 3 aromatic heterocycles. The molecule has 0 radical (unpaired) electrons. The Balaban J connectivity index is 1.13. The zero-order valence-electron chi connectivity index (χ0n) is 27.0. The van der Waals surface area contributed by atoms with Gasteiger partial charge in [0, 0.05) is 53.3 Å². The third-order valence-corrected chi connectivity index (χ3v) is 12.2. The first kappa shape index (κ1) is 30.7. The molecule has 2 aliphatic heterocycles. The number of hydrogen-bond donors (Lipinski definition) is 2. The Hall–Kier alpha value is -3.63. The smallest absolute Gasteiger partial charge is 0.318 e. The number of benzene rings is 1. The Kier molecular flexibility index (Phi) is 7.71.